The van der Waals surface area contributed by atoms with Crippen LogP contribution in [0.3, 0.4) is 0 Å². The minimum atomic E-state index is -0.797. The maximum absolute atomic E-state index is 12.3. The Morgan fingerprint density at radius 2 is 2.24 bits per heavy atom. The Bertz CT molecular complexity index is 620. The van der Waals surface area contributed by atoms with Crippen LogP contribution in [0.15, 0.2) is 23.1 Å². The molecule has 110 valence electrons. The van der Waals surface area contributed by atoms with Crippen LogP contribution >= 0.6 is 0 Å². The third-order valence-electron chi connectivity index (χ3n) is 3.77. The molecule has 0 atom stereocenters. The molecule has 1 aliphatic carbocycles. The number of carbonyl (C=O) groups excluding carboxylic acids is 1. The molecule has 1 fully saturated rings. The highest BCUT2D eigenvalue weighted by molar-refractivity contribution is 5.82. The first-order chi connectivity index (χ1) is 10.3. The molecular formula is C14H16N4O3. The van der Waals surface area contributed by atoms with Crippen LogP contribution in [0.4, 0.5) is 0 Å². The summed E-state index contributed by atoms with van der Waals surface area (Å²) in [6, 6.07) is 1.69. The number of esters is 1. The van der Waals surface area contributed by atoms with Crippen molar-refractivity contribution >= 4 is 5.97 Å². The molecule has 2 aromatic rings. The molecule has 0 amide bonds. The zero-order valence-corrected chi connectivity index (χ0v) is 11.8. The standard InChI is InChI=1S/C14H16N4O3/c1-2-20-13(19)14(6-3-4-7-14)12-17-11(18-21-12)10-5-8-15-9-16-10/h5,8-9H,2-4,6-7H2,1H3. The second kappa shape index (κ2) is 5.59. The summed E-state index contributed by atoms with van der Waals surface area (Å²) in [6.45, 7) is 2.13. The van der Waals surface area contributed by atoms with Gasteiger partial charge in [0.2, 0.25) is 11.7 Å². The van der Waals surface area contributed by atoms with Crippen molar-refractivity contribution in [1.82, 2.24) is 20.1 Å². The molecule has 0 aromatic carbocycles. The minimum Gasteiger partial charge on any atom is -0.465 e. The molecule has 0 aliphatic heterocycles. The Morgan fingerprint density at radius 1 is 1.43 bits per heavy atom. The van der Waals surface area contributed by atoms with Gasteiger partial charge in [0.05, 0.1) is 6.61 Å². The van der Waals surface area contributed by atoms with Crippen LogP contribution in [0.2, 0.25) is 0 Å². The first kappa shape index (κ1) is 13.7. The molecule has 7 nitrogen and oxygen atoms in total. The summed E-state index contributed by atoms with van der Waals surface area (Å²) in [7, 11) is 0. The van der Waals surface area contributed by atoms with Gasteiger partial charge in [0.15, 0.2) is 0 Å². The molecule has 0 spiro atoms. The molecule has 0 radical (unpaired) electrons. The van der Waals surface area contributed by atoms with Gasteiger partial charge < -0.3 is 9.26 Å². The van der Waals surface area contributed by atoms with E-state index in [2.05, 4.69) is 20.1 Å². The fourth-order valence-electron chi connectivity index (χ4n) is 2.70. The van der Waals surface area contributed by atoms with Gasteiger partial charge in [-0.05, 0) is 25.8 Å². The first-order valence-electron chi connectivity index (χ1n) is 7.04. The number of hydrogen-bond donors (Lipinski definition) is 0. The molecule has 0 unspecified atom stereocenters. The summed E-state index contributed by atoms with van der Waals surface area (Å²) in [5, 5.41) is 3.93. The molecule has 1 aliphatic rings. The second-order valence-electron chi connectivity index (χ2n) is 5.03. The van der Waals surface area contributed by atoms with Crippen LogP contribution in [0.25, 0.3) is 11.5 Å². The van der Waals surface area contributed by atoms with Gasteiger partial charge in [0.25, 0.3) is 0 Å². The van der Waals surface area contributed by atoms with E-state index < -0.39 is 5.41 Å². The highest BCUT2D eigenvalue weighted by Gasteiger charge is 2.49. The molecule has 0 N–H and O–H groups in total. The molecule has 0 saturated heterocycles. The maximum atomic E-state index is 12.3. The van der Waals surface area contributed by atoms with Crippen LogP contribution in [-0.2, 0) is 14.9 Å². The molecule has 1 saturated carbocycles. The van der Waals surface area contributed by atoms with Gasteiger partial charge in [-0.1, -0.05) is 18.0 Å². The van der Waals surface area contributed by atoms with E-state index in [0.717, 1.165) is 12.8 Å². The van der Waals surface area contributed by atoms with Gasteiger partial charge in [0, 0.05) is 6.20 Å². The number of carbonyl (C=O) groups is 1. The van der Waals surface area contributed by atoms with Gasteiger partial charge in [0.1, 0.15) is 17.4 Å². The normalized spacial score (nSPS) is 16.8. The van der Waals surface area contributed by atoms with E-state index >= 15 is 0 Å². The van der Waals surface area contributed by atoms with Gasteiger partial charge in [-0.3, -0.25) is 4.79 Å². The predicted octanol–water partition coefficient (Wildman–Crippen LogP) is 1.90. The van der Waals surface area contributed by atoms with E-state index in [1.54, 1.807) is 19.2 Å². The Balaban J connectivity index is 1.95. The van der Waals surface area contributed by atoms with Crippen molar-refractivity contribution in [2.24, 2.45) is 0 Å². The average Bonchev–Trinajstić information content (AvgIpc) is 3.18. The number of ether oxygens (including phenoxy) is 1. The summed E-state index contributed by atoms with van der Waals surface area (Å²) in [6.07, 6.45) is 6.28. The summed E-state index contributed by atoms with van der Waals surface area (Å²) in [5.41, 5.74) is -0.231. The summed E-state index contributed by atoms with van der Waals surface area (Å²) in [5.74, 6) is 0.412. The van der Waals surface area contributed by atoms with Crippen molar-refractivity contribution in [3.63, 3.8) is 0 Å². The zero-order chi connectivity index (χ0) is 14.7. The van der Waals surface area contributed by atoms with Crippen molar-refractivity contribution in [1.29, 1.82) is 0 Å². The summed E-state index contributed by atoms with van der Waals surface area (Å²) >= 11 is 0. The van der Waals surface area contributed by atoms with Gasteiger partial charge >= 0.3 is 5.97 Å². The van der Waals surface area contributed by atoms with Gasteiger partial charge in [-0.2, -0.15) is 4.98 Å². The van der Waals surface area contributed by atoms with Crippen LogP contribution in [0.1, 0.15) is 38.5 Å². The summed E-state index contributed by atoms with van der Waals surface area (Å²) in [4.78, 5) is 24.6. The quantitative estimate of drug-likeness (QED) is 0.793. The zero-order valence-electron chi connectivity index (χ0n) is 11.8. The van der Waals surface area contributed by atoms with Crippen molar-refractivity contribution in [3.05, 3.63) is 24.5 Å². The van der Waals surface area contributed by atoms with Gasteiger partial charge in [-0.15, -0.1) is 0 Å². The topological polar surface area (TPSA) is 91.0 Å². The molecular weight excluding hydrogens is 272 g/mol. The smallest absolute Gasteiger partial charge is 0.321 e. The highest BCUT2D eigenvalue weighted by Crippen LogP contribution is 2.41. The predicted molar refractivity (Wildman–Crippen MR) is 72.1 cm³/mol. The van der Waals surface area contributed by atoms with Crippen LogP contribution in [0, 0.1) is 0 Å². The molecule has 3 rings (SSSR count). The van der Waals surface area contributed by atoms with E-state index in [0.29, 0.717) is 36.9 Å². The Kier molecular flexibility index (Phi) is 3.64. The monoisotopic (exact) mass is 288 g/mol. The number of rotatable bonds is 4. The van der Waals surface area contributed by atoms with E-state index in [-0.39, 0.29) is 5.97 Å². The van der Waals surface area contributed by atoms with E-state index in [1.165, 1.54) is 6.33 Å². The number of aromatic nitrogens is 4. The SMILES string of the molecule is CCOC(=O)C1(c2nc(-c3ccncn3)no2)CCCC1. The third-order valence-corrected chi connectivity index (χ3v) is 3.77. The van der Waals surface area contributed by atoms with Gasteiger partial charge in [-0.25, -0.2) is 9.97 Å². The Morgan fingerprint density at radius 3 is 2.90 bits per heavy atom. The lowest BCUT2D eigenvalue weighted by Crippen LogP contribution is -2.35. The Labute approximate surface area is 121 Å². The van der Waals surface area contributed by atoms with E-state index in [4.69, 9.17) is 9.26 Å². The van der Waals surface area contributed by atoms with E-state index in [9.17, 15) is 4.79 Å². The van der Waals surface area contributed by atoms with Crippen LogP contribution < -0.4 is 0 Å². The highest BCUT2D eigenvalue weighted by atomic mass is 16.5. The van der Waals surface area contributed by atoms with Crippen molar-refractivity contribution in [2.45, 2.75) is 38.0 Å². The Hall–Kier alpha value is -2.31. The van der Waals surface area contributed by atoms with Crippen molar-refractivity contribution < 1.29 is 14.1 Å². The number of nitrogens with zero attached hydrogens (tertiary/aromatic N) is 4. The lowest BCUT2D eigenvalue weighted by Gasteiger charge is -2.21. The lowest BCUT2D eigenvalue weighted by molar-refractivity contribution is -0.151. The molecule has 2 heterocycles. The molecule has 2 aromatic heterocycles. The van der Waals surface area contributed by atoms with Crippen molar-refractivity contribution in [3.8, 4) is 11.5 Å². The van der Waals surface area contributed by atoms with E-state index in [1.807, 2.05) is 0 Å². The lowest BCUT2D eigenvalue weighted by atomic mass is 9.86. The fraction of sp³-hybridized carbons (Fsp3) is 0.500. The second-order valence-corrected chi connectivity index (χ2v) is 5.03. The molecule has 0 bridgehead atoms. The van der Waals surface area contributed by atoms with Crippen molar-refractivity contribution in [2.75, 3.05) is 6.61 Å². The third kappa shape index (κ3) is 2.39. The average molecular weight is 288 g/mol. The largest absolute Gasteiger partial charge is 0.465 e. The molecule has 7 heteroatoms. The summed E-state index contributed by atoms with van der Waals surface area (Å²) < 4.78 is 10.6. The van der Waals surface area contributed by atoms with Crippen LogP contribution in [-0.4, -0.2) is 32.7 Å². The maximum Gasteiger partial charge on any atom is 0.321 e. The first-order valence-corrected chi connectivity index (χ1v) is 7.04. The minimum absolute atomic E-state index is 0.277. The van der Waals surface area contributed by atoms with Crippen LogP contribution in [0.5, 0.6) is 0 Å². The fourth-order valence-corrected chi connectivity index (χ4v) is 2.70. The molecule has 21 heavy (non-hydrogen) atoms. The number of hydrogen-bond acceptors (Lipinski definition) is 7.